The van der Waals surface area contributed by atoms with Gasteiger partial charge in [-0.15, -0.1) is 11.1 Å². The molecule has 0 fully saturated rings. The minimum atomic E-state index is 0.847. The minimum Gasteiger partial charge on any atom is -0.138 e. The molecule has 0 aromatic heterocycles. The van der Waals surface area contributed by atoms with Gasteiger partial charge in [-0.1, -0.05) is 36.1 Å². The minimum absolute atomic E-state index is 0.847. The Kier molecular flexibility index (Phi) is 4.03. The van der Waals surface area contributed by atoms with E-state index in [0.29, 0.717) is 0 Å². The first-order valence-electron chi connectivity index (χ1n) is 9.29. The lowest BCUT2D eigenvalue weighted by Crippen LogP contribution is -1.92. The summed E-state index contributed by atoms with van der Waals surface area (Å²) in [6.07, 6.45) is 0. The summed E-state index contributed by atoms with van der Waals surface area (Å²) in [5, 5.41) is 9.54. The third-order valence-corrected chi connectivity index (χ3v) is 5.72. The Morgan fingerprint density at radius 2 is 0.964 bits per heavy atom. The van der Waals surface area contributed by atoms with Crippen LogP contribution in [-0.4, -0.2) is 20.5 Å². The van der Waals surface area contributed by atoms with Crippen LogP contribution in [0.15, 0.2) is 60.7 Å². The molecule has 128 valence electrons. The molecule has 0 saturated heterocycles. The van der Waals surface area contributed by atoms with Crippen molar-refractivity contribution in [2.45, 2.75) is 0 Å². The third-order valence-electron chi connectivity index (χ3n) is 5.22. The Labute approximate surface area is 170 Å². The van der Waals surface area contributed by atoms with Gasteiger partial charge in [0.25, 0.3) is 0 Å². The van der Waals surface area contributed by atoms with Crippen LogP contribution in [0.2, 0.25) is 0 Å². The van der Waals surface area contributed by atoms with Gasteiger partial charge in [0.2, 0.25) is 0 Å². The average Bonchev–Trinajstić information content (AvgIpc) is 2.74. The number of hydrogen-bond acceptors (Lipinski definition) is 0. The molecule has 0 aliphatic heterocycles. The van der Waals surface area contributed by atoms with Crippen molar-refractivity contribution in [1.82, 2.24) is 0 Å². The molecule has 0 aliphatic rings. The number of hydrogen-bond donors (Lipinski definition) is 0. The maximum atomic E-state index is 3.45. The first-order chi connectivity index (χ1) is 13.8. The Balaban J connectivity index is 2.11. The molecule has 2 radical (unpaired) electrons. The highest BCUT2D eigenvalue weighted by Crippen LogP contribution is 2.36. The van der Waals surface area contributed by atoms with Crippen LogP contribution in [0.4, 0.5) is 0 Å². The van der Waals surface area contributed by atoms with Crippen LogP contribution in [0, 0.1) is 35.1 Å². The maximum absolute atomic E-state index is 3.45. The molecule has 0 unspecified atom stereocenters. The molecular formula is C26H16Si2. The van der Waals surface area contributed by atoms with E-state index in [-0.39, 0.29) is 0 Å². The van der Waals surface area contributed by atoms with Gasteiger partial charge in [0, 0.05) is 11.1 Å². The van der Waals surface area contributed by atoms with E-state index in [4.69, 9.17) is 0 Å². The quantitative estimate of drug-likeness (QED) is 0.218. The highest BCUT2D eigenvalue weighted by Gasteiger charge is 2.14. The molecule has 2 heteroatoms. The largest absolute Gasteiger partial charge is 0.138 e. The van der Waals surface area contributed by atoms with Gasteiger partial charge in [0.1, 0.15) is 0 Å². The fraction of sp³-hybridized carbons (Fsp3) is 0. The summed E-state index contributed by atoms with van der Waals surface area (Å²) >= 11 is 0. The Morgan fingerprint density at radius 3 is 1.36 bits per heavy atom. The molecule has 0 heterocycles. The van der Waals surface area contributed by atoms with E-state index in [0.717, 1.165) is 31.6 Å². The second-order valence-electron chi connectivity index (χ2n) is 6.84. The normalized spacial score (nSPS) is 10.9. The number of fused-ring (bicyclic) bond motifs is 4. The summed E-state index contributed by atoms with van der Waals surface area (Å²) in [4.78, 5) is 0. The van der Waals surface area contributed by atoms with E-state index < -0.39 is 0 Å². The van der Waals surface area contributed by atoms with E-state index in [9.17, 15) is 0 Å². The van der Waals surface area contributed by atoms with Crippen molar-refractivity contribution in [3.8, 4) is 22.9 Å². The van der Waals surface area contributed by atoms with Crippen molar-refractivity contribution >= 4 is 63.6 Å². The van der Waals surface area contributed by atoms with Crippen molar-refractivity contribution in [1.29, 1.82) is 0 Å². The lowest BCUT2D eigenvalue weighted by atomic mass is 9.89. The van der Waals surface area contributed by atoms with E-state index >= 15 is 0 Å². The highest BCUT2D eigenvalue weighted by molar-refractivity contribution is 6.24. The van der Waals surface area contributed by atoms with Crippen LogP contribution in [-0.2, 0) is 0 Å². The van der Waals surface area contributed by atoms with Crippen molar-refractivity contribution < 1.29 is 0 Å². The molecular weight excluding hydrogens is 368 g/mol. The van der Waals surface area contributed by atoms with Gasteiger partial charge < -0.3 is 0 Å². The summed E-state index contributed by atoms with van der Waals surface area (Å²) in [6.45, 7) is 0. The SMILES string of the molecule is [SiH3]C#Cc1c2cc3c[c]ccc3cc2c(C#C[SiH3])c2cc3cc[c]cc3cc12. The van der Waals surface area contributed by atoms with Gasteiger partial charge in [-0.2, -0.15) is 0 Å². The molecule has 0 nitrogen and oxygen atoms in total. The van der Waals surface area contributed by atoms with Gasteiger partial charge in [0.05, 0.1) is 20.5 Å². The molecule has 0 atom stereocenters. The molecule has 28 heavy (non-hydrogen) atoms. The van der Waals surface area contributed by atoms with Gasteiger partial charge in [-0.3, -0.25) is 0 Å². The second-order valence-corrected chi connectivity index (χ2v) is 7.84. The zero-order valence-corrected chi connectivity index (χ0v) is 19.8. The fourth-order valence-corrected chi connectivity index (χ4v) is 4.49. The maximum Gasteiger partial charge on any atom is 0.0911 e. The van der Waals surface area contributed by atoms with Crippen molar-refractivity contribution in [3.05, 3.63) is 83.9 Å². The van der Waals surface area contributed by atoms with Gasteiger partial charge >= 0.3 is 0 Å². The van der Waals surface area contributed by atoms with Crippen LogP contribution < -0.4 is 0 Å². The topological polar surface area (TPSA) is 0 Å². The number of benzene rings is 5. The first kappa shape index (κ1) is 16.8. The van der Waals surface area contributed by atoms with Crippen molar-refractivity contribution in [3.63, 3.8) is 0 Å². The standard InChI is InChI=1S/C26H16Si2/c27-11-9-21-23-13-17-5-1-2-6-18(17)14-24(23)22(10-12-28)26-16-20-8-4-3-7-19(20)15-25(21)26/h1,3,5-8,13-16H,27-28H3. The van der Waals surface area contributed by atoms with Crippen molar-refractivity contribution in [2.75, 3.05) is 0 Å². The number of rotatable bonds is 0. The first-order valence-corrected chi connectivity index (χ1v) is 11.3. The molecule has 0 N–H and O–H groups in total. The molecule has 5 aromatic carbocycles. The van der Waals surface area contributed by atoms with Crippen LogP contribution in [0.3, 0.4) is 0 Å². The molecule has 5 aromatic rings. The van der Waals surface area contributed by atoms with Gasteiger partial charge in [0.15, 0.2) is 0 Å². The summed E-state index contributed by atoms with van der Waals surface area (Å²) < 4.78 is 0. The molecule has 0 spiro atoms. The second kappa shape index (κ2) is 6.69. The Bertz CT molecular complexity index is 1320. The molecule has 5 rings (SSSR count). The summed E-state index contributed by atoms with van der Waals surface area (Å²) in [5.41, 5.74) is 8.74. The summed E-state index contributed by atoms with van der Waals surface area (Å²) in [5.74, 6) is 6.89. The predicted octanol–water partition coefficient (Wildman–Crippen LogP) is 3.25. The lowest BCUT2D eigenvalue weighted by molar-refractivity contribution is 1.73. The van der Waals surface area contributed by atoms with E-state index in [1.54, 1.807) is 0 Å². The third kappa shape index (κ3) is 2.55. The van der Waals surface area contributed by atoms with Crippen LogP contribution in [0.25, 0.3) is 43.1 Å². The molecule has 0 aliphatic carbocycles. The van der Waals surface area contributed by atoms with E-state index in [1.165, 1.54) is 43.1 Å². The van der Waals surface area contributed by atoms with Crippen LogP contribution >= 0.6 is 0 Å². The fourth-order valence-electron chi connectivity index (χ4n) is 3.99. The molecule has 0 saturated carbocycles. The van der Waals surface area contributed by atoms with Crippen molar-refractivity contribution in [2.24, 2.45) is 0 Å². The summed E-state index contributed by atoms with van der Waals surface area (Å²) in [7, 11) is 1.70. The summed E-state index contributed by atoms with van der Waals surface area (Å²) in [6, 6.07) is 27.7. The zero-order valence-electron chi connectivity index (χ0n) is 15.8. The molecule has 0 amide bonds. The van der Waals surface area contributed by atoms with Gasteiger partial charge in [-0.05, 0) is 91.6 Å². The monoisotopic (exact) mass is 384 g/mol. The average molecular weight is 385 g/mol. The Morgan fingerprint density at radius 1 is 0.571 bits per heavy atom. The van der Waals surface area contributed by atoms with E-state index in [2.05, 4.69) is 71.5 Å². The van der Waals surface area contributed by atoms with Gasteiger partial charge in [-0.25, -0.2) is 0 Å². The predicted molar refractivity (Wildman–Crippen MR) is 128 cm³/mol. The molecule has 0 bridgehead atoms. The van der Waals surface area contributed by atoms with E-state index in [1.807, 2.05) is 24.3 Å². The van der Waals surface area contributed by atoms with Crippen LogP contribution in [0.5, 0.6) is 0 Å². The highest BCUT2D eigenvalue weighted by atomic mass is 28.1. The van der Waals surface area contributed by atoms with Crippen LogP contribution in [0.1, 0.15) is 11.1 Å². The zero-order chi connectivity index (χ0) is 19.1. The Hall–Kier alpha value is -3.31. The smallest absolute Gasteiger partial charge is 0.0911 e. The lowest BCUT2D eigenvalue weighted by Gasteiger charge is -2.13.